The number of imide groups is 1. The molecule has 6 heteroatoms. The number of benzene rings is 2. The van der Waals surface area contributed by atoms with Crippen LogP contribution in [0.3, 0.4) is 0 Å². The molecule has 2 aromatic rings. The second-order valence-electron chi connectivity index (χ2n) is 6.82. The normalized spacial score (nSPS) is 13.2. The van der Waals surface area contributed by atoms with Crippen molar-refractivity contribution in [3.63, 3.8) is 0 Å². The molecule has 3 rings (SSSR count). The number of carbonyl (C=O) groups is 3. The van der Waals surface area contributed by atoms with E-state index in [0.717, 1.165) is 5.56 Å². The number of aryl methyl sites for hydroxylation is 1. The van der Waals surface area contributed by atoms with E-state index in [1.54, 1.807) is 24.3 Å². The lowest BCUT2D eigenvalue weighted by atomic mass is 10.1. The zero-order valence-electron chi connectivity index (χ0n) is 15.0. The molecule has 4 amide bonds. The number of nitrogens with zero attached hydrogens (tertiary/aromatic N) is 1. The Hall–Kier alpha value is -3.15. The third kappa shape index (κ3) is 3.59. The molecule has 0 bridgehead atoms. The molecule has 0 saturated heterocycles. The van der Waals surface area contributed by atoms with Crippen LogP contribution in [0.5, 0.6) is 0 Å². The largest absolute Gasteiger partial charge is 0.323 e. The second-order valence-corrected chi connectivity index (χ2v) is 6.82. The van der Waals surface area contributed by atoms with Crippen molar-refractivity contribution in [2.45, 2.75) is 20.8 Å². The summed E-state index contributed by atoms with van der Waals surface area (Å²) >= 11 is 0. The fourth-order valence-corrected chi connectivity index (χ4v) is 2.92. The van der Waals surface area contributed by atoms with Gasteiger partial charge in [-0.1, -0.05) is 26.0 Å². The molecule has 1 heterocycles. The van der Waals surface area contributed by atoms with Gasteiger partial charge in [-0.3, -0.25) is 14.5 Å². The fourth-order valence-electron chi connectivity index (χ4n) is 2.92. The number of amides is 4. The highest BCUT2D eigenvalue weighted by atomic mass is 16.2. The first-order chi connectivity index (χ1) is 12.3. The number of nitrogens with one attached hydrogen (secondary N) is 2. The van der Waals surface area contributed by atoms with Crippen molar-refractivity contribution < 1.29 is 14.4 Å². The summed E-state index contributed by atoms with van der Waals surface area (Å²) in [5, 5.41) is 5.44. The number of anilines is 2. The van der Waals surface area contributed by atoms with Crippen LogP contribution in [0.2, 0.25) is 0 Å². The number of rotatable bonds is 4. The molecule has 0 unspecified atom stereocenters. The molecule has 0 aliphatic carbocycles. The van der Waals surface area contributed by atoms with E-state index < -0.39 is 6.03 Å². The minimum atomic E-state index is -0.411. The minimum Gasteiger partial charge on any atom is -0.308 e. The number of fused-ring (bicyclic) bond motifs is 1. The standard InChI is InChI=1S/C20H21N3O3/c1-12(2)11-23-18(24)16-8-7-15(10-17(16)19(23)25)22-20(26)21-14-6-4-5-13(3)9-14/h4-10,12H,11H2,1-3H3,(H2,21,22,26). The number of hydrogen-bond donors (Lipinski definition) is 2. The van der Waals surface area contributed by atoms with E-state index in [1.807, 2.05) is 39.0 Å². The van der Waals surface area contributed by atoms with Gasteiger partial charge in [0.1, 0.15) is 0 Å². The number of hydrogen-bond acceptors (Lipinski definition) is 3. The summed E-state index contributed by atoms with van der Waals surface area (Å²) < 4.78 is 0. The van der Waals surface area contributed by atoms with Gasteiger partial charge in [-0.05, 0) is 48.7 Å². The third-order valence-corrected chi connectivity index (χ3v) is 4.05. The lowest BCUT2D eigenvalue weighted by molar-refractivity contribution is 0.0636. The van der Waals surface area contributed by atoms with E-state index in [4.69, 9.17) is 0 Å². The molecule has 0 fully saturated rings. The Labute approximate surface area is 152 Å². The first-order valence-corrected chi connectivity index (χ1v) is 8.50. The Morgan fingerprint density at radius 3 is 2.27 bits per heavy atom. The molecular formula is C20H21N3O3. The van der Waals surface area contributed by atoms with Crippen LogP contribution >= 0.6 is 0 Å². The van der Waals surface area contributed by atoms with Crippen molar-refractivity contribution >= 4 is 29.2 Å². The molecule has 0 saturated carbocycles. The molecule has 134 valence electrons. The SMILES string of the molecule is Cc1cccc(NC(=O)Nc2ccc3c(c2)C(=O)N(CC(C)C)C3=O)c1. The Morgan fingerprint density at radius 2 is 1.62 bits per heavy atom. The molecule has 2 N–H and O–H groups in total. The van der Waals surface area contributed by atoms with Crippen LogP contribution in [-0.2, 0) is 0 Å². The maximum absolute atomic E-state index is 12.5. The van der Waals surface area contributed by atoms with Crippen LogP contribution in [0.15, 0.2) is 42.5 Å². The van der Waals surface area contributed by atoms with E-state index in [2.05, 4.69) is 10.6 Å². The van der Waals surface area contributed by atoms with Crippen LogP contribution in [-0.4, -0.2) is 29.3 Å². The van der Waals surface area contributed by atoms with E-state index in [-0.39, 0.29) is 17.7 Å². The summed E-state index contributed by atoms with van der Waals surface area (Å²) in [5.41, 5.74) is 2.87. The molecule has 6 nitrogen and oxygen atoms in total. The van der Waals surface area contributed by atoms with Crippen LogP contribution in [0, 0.1) is 12.8 Å². The maximum Gasteiger partial charge on any atom is 0.323 e. The summed E-state index contributed by atoms with van der Waals surface area (Å²) in [4.78, 5) is 38.3. The van der Waals surface area contributed by atoms with Gasteiger partial charge >= 0.3 is 6.03 Å². The van der Waals surface area contributed by atoms with Gasteiger partial charge in [-0.15, -0.1) is 0 Å². The Balaban J connectivity index is 1.74. The van der Waals surface area contributed by atoms with Gasteiger partial charge < -0.3 is 10.6 Å². The van der Waals surface area contributed by atoms with Crippen LogP contribution in [0.25, 0.3) is 0 Å². The lowest BCUT2D eigenvalue weighted by Crippen LogP contribution is -2.33. The average Bonchev–Trinajstić information content (AvgIpc) is 2.79. The Morgan fingerprint density at radius 1 is 0.962 bits per heavy atom. The van der Waals surface area contributed by atoms with Gasteiger partial charge in [0.25, 0.3) is 11.8 Å². The van der Waals surface area contributed by atoms with Crippen LogP contribution in [0.4, 0.5) is 16.2 Å². The molecule has 0 aromatic heterocycles. The van der Waals surface area contributed by atoms with Crippen LogP contribution in [0.1, 0.15) is 40.1 Å². The average molecular weight is 351 g/mol. The Kier molecular flexibility index (Phi) is 4.75. The fraction of sp³-hybridized carbons (Fsp3) is 0.250. The lowest BCUT2D eigenvalue weighted by Gasteiger charge is -2.15. The Bertz CT molecular complexity index is 890. The topological polar surface area (TPSA) is 78.5 Å². The van der Waals surface area contributed by atoms with Crippen molar-refractivity contribution in [2.75, 3.05) is 17.2 Å². The van der Waals surface area contributed by atoms with Gasteiger partial charge in [0.15, 0.2) is 0 Å². The van der Waals surface area contributed by atoms with Crippen molar-refractivity contribution in [1.29, 1.82) is 0 Å². The zero-order valence-corrected chi connectivity index (χ0v) is 15.0. The molecule has 2 aromatic carbocycles. The summed E-state index contributed by atoms with van der Waals surface area (Å²) in [6, 6.07) is 11.8. The van der Waals surface area contributed by atoms with Gasteiger partial charge in [-0.2, -0.15) is 0 Å². The van der Waals surface area contributed by atoms with Crippen molar-refractivity contribution in [2.24, 2.45) is 5.92 Å². The van der Waals surface area contributed by atoms with Crippen molar-refractivity contribution in [3.05, 3.63) is 59.2 Å². The highest BCUT2D eigenvalue weighted by Gasteiger charge is 2.35. The van der Waals surface area contributed by atoms with Crippen molar-refractivity contribution in [1.82, 2.24) is 4.90 Å². The number of carbonyl (C=O) groups excluding carboxylic acids is 3. The predicted molar refractivity (Wildman–Crippen MR) is 100 cm³/mol. The summed E-state index contributed by atoms with van der Waals surface area (Å²) in [6.45, 7) is 6.22. The van der Waals surface area contributed by atoms with Crippen LogP contribution < -0.4 is 10.6 Å². The molecule has 0 atom stereocenters. The van der Waals surface area contributed by atoms with E-state index in [1.165, 1.54) is 4.90 Å². The van der Waals surface area contributed by atoms with Crippen molar-refractivity contribution in [3.8, 4) is 0 Å². The first kappa shape index (κ1) is 17.7. The maximum atomic E-state index is 12.5. The molecular weight excluding hydrogens is 330 g/mol. The smallest absolute Gasteiger partial charge is 0.308 e. The van der Waals surface area contributed by atoms with E-state index >= 15 is 0 Å². The summed E-state index contributed by atoms with van der Waals surface area (Å²) in [6.07, 6.45) is 0. The quantitative estimate of drug-likeness (QED) is 0.820. The number of urea groups is 1. The molecule has 26 heavy (non-hydrogen) atoms. The second kappa shape index (κ2) is 7.00. The minimum absolute atomic E-state index is 0.190. The van der Waals surface area contributed by atoms with Gasteiger partial charge in [0.2, 0.25) is 0 Å². The highest BCUT2D eigenvalue weighted by molar-refractivity contribution is 6.22. The zero-order chi connectivity index (χ0) is 18.8. The highest BCUT2D eigenvalue weighted by Crippen LogP contribution is 2.26. The van der Waals surface area contributed by atoms with E-state index in [9.17, 15) is 14.4 Å². The third-order valence-electron chi connectivity index (χ3n) is 4.05. The summed E-state index contributed by atoms with van der Waals surface area (Å²) in [5.74, 6) is -0.411. The monoisotopic (exact) mass is 351 g/mol. The van der Waals surface area contributed by atoms with Gasteiger partial charge in [0.05, 0.1) is 11.1 Å². The molecule has 0 radical (unpaired) electrons. The summed E-state index contributed by atoms with van der Waals surface area (Å²) in [7, 11) is 0. The molecule has 0 spiro atoms. The molecule has 1 aliphatic rings. The first-order valence-electron chi connectivity index (χ1n) is 8.50. The van der Waals surface area contributed by atoms with Gasteiger partial charge in [-0.25, -0.2) is 4.79 Å². The predicted octanol–water partition coefficient (Wildman–Crippen LogP) is 3.89. The molecule has 1 aliphatic heterocycles. The van der Waals surface area contributed by atoms with E-state index in [0.29, 0.717) is 29.0 Å². The van der Waals surface area contributed by atoms with Gasteiger partial charge in [0, 0.05) is 17.9 Å².